The fraction of sp³-hybridized carbons (Fsp3) is 0.158. The van der Waals surface area contributed by atoms with Gasteiger partial charge in [-0.25, -0.2) is 4.79 Å². The van der Waals surface area contributed by atoms with Crippen molar-refractivity contribution in [2.24, 2.45) is 0 Å². The van der Waals surface area contributed by atoms with Gasteiger partial charge < -0.3 is 10.4 Å². The molecule has 0 unspecified atom stereocenters. The minimum atomic E-state index is -1.34. The molecule has 0 aliphatic rings. The highest BCUT2D eigenvalue weighted by Crippen LogP contribution is 2.23. The molecular formula is C19H18N2O5. The third kappa shape index (κ3) is 4.32. The standard InChI is InChI=1S/C19H18N2O5/c1-11-4-7-15(13(3)8-11)18(22)10-17(19(23)24)20-16-9-14(21(25)26)6-5-12(16)2/h4-10,20H,1-3H3,(H,23,24). The molecule has 0 heterocycles. The van der Waals surface area contributed by atoms with Crippen LogP contribution in [0.3, 0.4) is 0 Å². The molecule has 2 rings (SSSR count). The number of hydrogen-bond donors (Lipinski definition) is 2. The van der Waals surface area contributed by atoms with Gasteiger partial charge in [0.25, 0.3) is 5.69 Å². The normalized spacial score (nSPS) is 11.1. The Morgan fingerprint density at radius 2 is 1.77 bits per heavy atom. The number of carbonyl (C=O) groups is 2. The Kier molecular flexibility index (Phi) is 5.51. The minimum Gasteiger partial charge on any atom is -0.477 e. The zero-order valence-corrected chi connectivity index (χ0v) is 14.6. The average Bonchev–Trinajstić information content (AvgIpc) is 2.55. The molecule has 0 atom stereocenters. The van der Waals surface area contributed by atoms with Crippen molar-refractivity contribution in [3.05, 3.63) is 80.5 Å². The molecular weight excluding hydrogens is 336 g/mol. The molecule has 0 aromatic heterocycles. The third-order valence-electron chi connectivity index (χ3n) is 3.85. The van der Waals surface area contributed by atoms with Crippen LogP contribution in [-0.4, -0.2) is 21.8 Å². The summed E-state index contributed by atoms with van der Waals surface area (Å²) in [5, 5.41) is 22.9. The van der Waals surface area contributed by atoms with Crippen molar-refractivity contribution in [2.45, 2.75) is 20.8 Å². The van der Waals surface area contributed by atoms with Crippen molar-refractivity contribution in [1.82, 2.24) is 0 Å². The van der Waals surface area contributed by atoms with Gasteiger partial charge >= 0.3 is 5.97 Å². The molecule has 134 valence electrons. The number of carbonyl (C=O) groups excluding carboxylic acids is 1. The first kappa shape index (κ1) is 18.9. The van der Waals surface area contributed by atoms with Gasteiger partial charge in [0, 0.05) is 29.5 Å². The number of aliphatic carboxylic acids is 1. The lowest BCUT2D eigenvalue weighted by atomic mass is 10.0. The fourth-order valence-corrected chi connectivity index (χ4v) is 2.45. The van der Waals surface area contributed by atoms with Gasteiger partial charge in [-0.15, -0.1) is 0 Å². The molecule has 0 aliphatic heterocycles. The molecule has 0 spiro atoms. The van der Waals surface area contributed by atoms with Crippen LogP contribution in [0.25, 0.3) is 0 Å². The van der Waals surface area contributed by atoms with E-state index in [1.807, 2.05) is 13.0 Å². The summed E-state index contributed by atoms with van der Waals surface area (Å²) in [4.78, 5) is 34.3. The van der Waals surface area contributed by atoms with Gasteiger partial charge in [-0.2, -0.15) is 0 Å². The van der Waals surface area contributed by atoms with Gasteiger partial charge in [-0.1, -0.05) is 29.8 Å². The maximum atomic E-state index is 12.5. The summed E-state index contributed by atoms with van der Waals surface area (Å²) < 4.78 is 0. The zero-order valence-electron chi connectivity index (χ0n) is 14.6. The molecule has 0 fully saturated rings. The summed E-state index contributed by atoms with van der Waals surface area (Å²) in [6.07, 6.45) is 0.984. The molecule has 0 bridgehead atoms. The molecule has 0 amide bonds. The lowest BCUT2D eigenvalue weighted by molar-refractivity contribution is -0.384. The number of nitrogens with one attached hydrogen (secondary N) is 1. The first-order chi connectivity index (χ1) is 12.2. The highest BCUT2D eigenvalue weighted by Gasteiger charge is 2.16. The van der Waals surface area contributed by atoms with Crippen LogP contribution >= 0.6 is 0 Å². The Balaban J connectivity index is 2.39. The second-order valence-electron chi connectivity index (χ2n) is 5.93. The summed E-state index contributed by atoms with van der Waals surface area (Å²) in [6.45, 7) is 5.34. The third-order valence-corrected chi connectivity index (χ3v) is 3.85. The summed E-state index contributed by atoms with van der Waals surface area (Å²) in [7, 11) is 0. The number of nitro groups is 1. The quantitative estimate of drug-likeness (QED) is 0.353. The van der Waals surface area contributed by atoms with Crippen LogP contribution in [0, 0.1) is 30.9 Å². The molecule has 0 aliphatic carbocycles. The van der Waals surface area contributed by atoms with Gasteiger partial charge in [0.15, 0.2) is 5.78 Å². The van der Waals surface area contributed by atoms with Crippen molar-refractivity contribution in [3.63, 3.8) is 0 Å². The first-order valence-electron chi connectivity index (χ1n) is 7.77. The number of nitro benzene ring substituents is 1. The van der Waals surface area contributed by atoms with E-state index in [2.05, 4.69) is 5.32 Å². The van der Waals surface area contributed by atoms with E-state index in [0.717, 1.165) is 17.2 Å². The Morgan fingerprint density at radius 3 is 2.35 bits per heavy atom. The Labute approximate surface area is 150 Å². The number of hydrogen-bond acceptors (Lipinski definition) is 5. The van der Waals surface area contributed by atoms with E-state index in [0.29, 0.717) is 11.1 Å². The number of non-ortho nitro benzene ring substituents is 1. The van der Waals surface area contributed by atoms with Crippen LogP contribution < -0.4 is 5.32 Å². The fourth-order valence-electron chi connectivity index (χ4n) is 2.45. The largest absolute Gasteiger partial charge is 0.477 e. The number of carboxylic acids is 1. The summed E-state index contributed by atoms with van der Waals surface area (Å²) in [5.74, 6) is -1.80. The van der Waals surface area contributed by atoms with Crippen LogP contribution in [-0.2, 0) is 4.79 Å². The Bertz CT molecular complexity index is 932. The maximum absolute atomic E-state index is 12.5. The van der Waals surface area contributed by atoms with E-state index < -0.39 is 16.7 Å². The highest BCUT2D eigenvalue weighted by molar-refractivity contribution is 6.10. The number of nitrogens with zero attached hydrogens (tertiary/aromatic N) is 1. The number of anilines is 1. The lowest BCUT2D eigenvalue weighted by Gasteiger charge is -2.10. The average molecular weight is 354 g/mol. The van der Waals surface area contributed by atoms with Crippen LogP contribution in [0.1, 0.15) is 27.0 Å². The highest BCUT2D eigenvalue weighted by atomic mass is 16.6. The van der Waals surface area contributed by atoms with E-state index in [1.54, 1.807) is 26.0 Å². The van der Waals surface area contributed by atoms with Crippen molar-refractivity contribution >= 4 is 23.1 Å². The Hall–Kier alpha value is -3.48. The van der Waals surface area contributed by atoms with Crippen LogP contribution in [0.4, 0.5) is 11.4 Å². The zero-order chi connectivity index (χ0) is 19.4. The van der Waals surface area contributed by atoms with Gasteiger partial charge in [0.2, 0.25) is 0 Å². The molecule has 2 aromatic carbocycles. The second-order valence-corrected chi connectivity index (χ2v) is 5.93. The maximum Gasteiger partial charge on any atom is 0.352 e. The molecule has 7 nitrogen and oxygen atoms in total. The Morgan fingerprint density at radius 1 is 1.08 bits per heavy atom. The van der Waals surface area contributed by atoms with Crippen LogP contribution in [0.2, 0.25) is 0 Å². The van der Waals surface area contributed by atoms with Crippen molar-refractivity contribution in [2.75, 3.05) is 5.32 Å². The van der Waals surface area contributed by atoms with E-state index in [4.69, 9.17) is 0 Å². The molecule has 0 saturated carbocycles. The van der Waals surface area contributed by atoms with Gasteiger partial charge in [0.1, 0.15) is 5.70 Å². The molecule has 26 heavy (non-hydrogen) atoms. The van der Waals surface area contributed by atoms with Crippen LogP contribution in [0.5, 0.6) is 0 Å². The predicted octanol–water partition coefficient (Wildman–Crippen LogP) is 3.78. The van der Waals surface area contributed by atoms with Crippen molar-refractivity contribution in [3.8, 4) is 0 Å². The monoisotopic (exact) mass is 354 g/mol. The number of ketones is 1. The smallest absolute Gasteiger partial charge is 0.352 e. The number of aryl methyl sites for hydroxylation is 3. The summed E-state index contributed by atoms with van der Waals surface area (Å²) in [6, 6.07) is 9.30. The molecule has 0 saturated heterocycles. The van der Waals surface area contributed by atoms with Crippen molar-refractivity contribution in [1.29, 1.82) is 0 Å². The second kappa shape index (κ2) is 7.60. The summed E-state index contributed by atoms with van der Waals surface area (Å²) in [5.41, 5.74) is 2.45. The van der Waals surface area contributed by atoms with E-state index in [-0.39, 0.29) is 17.1 Å². The van der Waals surface area contributed by atoms with Gasteiger partial charge in [0.05, 0.1) is 4.92 Å². The van der Waals surface area contributed by atoms with Crippen LogP contribution in [0.15, 0.2) is 48.2 Å². The van der Waals surface area contributed by atoms with Gasteiger partial charge in [-0.3, -0.25) is 14.9 Å². The number of carboxylic acid groups (broad SMARTS) is 1. The minimum absolute atomic E-state index is 0.177. The molecule has 0 radical (unpaired) electrons. The molecule has 2 N–H and O–H groups in total. The number of benzene rings is 2. The van der Waals surface area contributed by atoms with E-state index in [9.17, 15) is 24.8 Å². The SMILES string of the molecule is Cc1ccc(C(=O)C=C(Nc2cc([N+](=O)[O-])ccc2C)C(=O)O)c(C)c1. The summed E-state index contributed by atoms with van der Waals surface area (Å²) >= 11 is 0. The first-order valence-corrected chi connectivity index (χ1v) is 7.77. The number of rotatable bonds is 6. The van der Waals surface area contributed by atoms with Gasteiger partial charge in [-0.05, 0) is 31.9 Å². The molecule has 2 aromatic rings. The van der Waals surface area contributed by atoms with E-state index >= 15 is 0 Å². The molecule has 7 heteroatoms. The predicted molar refractivity (Wildman–Crippen MR) is 97.4 cm³/mol. The van der Waals surface area contributed by atoms with E-state index in [1.165, 1.54) is 18.2 Å². The topological polar surface area (TPSA) is 110 Å². The number of allylic oxidation sites excluding steroid dienone is 1. The lowest BCUT2D eigenvalue weighted by Crippen LogP contribution is -2.14. The van der Waals surface area contributed by atoms with Crippen molar-refractivity contribution < 1.29 is 19.6 Å².